The first kappa shape index (κ1) is 19.5. The fourth-order valence-electron chi connectivity index (χ4n) is 4.02. The minimum absolute atomic E-state index is 0.308. The maximum atomic E-state index is 6.16. The van der Waals surface area contributed by atoms with Crippen LogP contribution >= 0.6 is 0 Å². The normalized spacial score (nSPS) is 18.2. The molecule has 29 heavy (non-hydrogen) atoms. The molecule has 4 rings (SSSR count). The number of hydrogen-bond donors (Lipinski definition) is 1. The van der Waals surface area contributed by atoms with Crippen LogP contribution in [0.15, 0.2) is 47.7 Å². The molecule has 0 aromatic carbocycles. The Morgan fingerprint density at radius 3 is 2.59 bits per heavy atom. The van der Waals surface area contributed by atoms with E-state index in [1.165, 1.54) is 12.8 Å². The van der Waals surface area contributed by atoms with Gasteiger partial charge in [0.1, 0.15) is 11.9 Å². The van der Waals surface area contributed by atoms with Gasteiger partial charge in [-0.1, -0.05) is 12.1 Å². The fourth-order valence-corrected chi connectivity index (χ4v) is 4.02. The van der Waals surface area contributed by atoms with E-state index < -0.39 is 0 Å². The standard InChI is InChI=1S/C22H30N6O/c1-23-22(28-15-13-27(14-16-28)20-10-4-5-11-24-20)26-17-18-7-6-12-25-21(18)29-19-8-2-3-9-19/h4-7,10-12,19H,2-3,8-9,13-17H2,1H3,(H,23,26). The molecule has 3 heterocycles. The molecule has 1 aliphatic carbocycles. The zero-order valence-corrected chi connectivity index (χ0v) is 17.1. The summed E-state index contributed by atoms with van der Waals surface area (Å²) < 4.78 is 6.16. The van der Waals surface area contributed by atoms with Crippen molar-refractivity contribution in [1.82, 2.24) is 20.2 Å². The minimum atomic E-state index is 0.308. The molecule has 2 aliphatic rings. The fraction of sp³-hybridized carbons (Fsp3) is 0.500. The van der Waals surface area contributed by atoms with E-state index >= 15 is 0 Å². The van der Waals surface area contributed by atoms with Gasteiger partial charge in [0.25, 0.3) is 0 Å². The first-order valence-corrected chi connectivity index (χ1v) is 10.6. The molecule has 0 spiro atoms. The van der Waals surface area contributed by atoms with Crippen LogP contribution in [0.3, 0.4) is 0 Å². The average Bonchev–Trinajstić information content (AvgIpc) is 3.29. The van der Waals surface area contributed by atoms with Crippen LogP contribution in [0.2, 0.25) is 0 Å². The molecular formula is C22H30N6O. The second-order valence-electron chi connectivity index (χ2n) is 7.55. The van der Waals surface area contributed by atoms with Crippen molar-refractivity contribution in [3.05, 3.63) is 48.3 Å². The zero-order valence-electron chi connectivity index (χ0n) is 17.1. The van der Waals surface area contributed by atoms with Crippen molar-refractivity contribution in [2.45, 2.75) is 38.3 Å². The highest BCUT2D eigenvalue weighted by molar-refractivity contribution is 5.80. The van der Waals surface area contributed by atoms with Crippen LogP contribution in [0.4, 0.5) is 5.82 Å². The third-order valence-electron chi connectivity index (χ3n) is 5.63. The number of piperazine rings is 1. The van der Waals surface area contributed by atoms with Crippen LogP contribution in [0, 0.1) is 0 Å². The summed E-state index contributed by atoms with van der Waals surface area (Å²) in [5, 5.41) is 3.50. The molecule has 1 saturated heterocycles. The molecule has 0 unspecified atom stereocenters. The van der Waals surface area contributed by atoms with Gasteiger partial charge in [0.2, 0.25) is 5.88 Å². The molecule has 2 aromatic heterocycles. The number of aromatic nitrogens is 2. The molecule has 1 N–H and O–H groups in total. The van der Waals surface area contributed by atoms with Gasteiger partial charge in [-0.25, -0.2) is 9.97 Å². The summed E-state index contributed by atoms with van der Waals surface area (Å²) in [6, 6.07) is 10.1. The van der Waals surface area contributed by atoms with Gasteiger partial charge in [0.05, 0.1) is 0 Å². The summed E-state index contributed by atoms with van der Waals surface area (Å²) in [4.78, 5) is 18.0. The number of pyridine rings is 2. The third-order valence-corrected chi connectivity index (χ3v) is 5.63. The van der Waals surface area contributed by atoms with Crippen molar-refractivity contribution in [2.75, 3.05) is 38.1 Å². The van der Waals surface area contributed by atoms with E-state index in [9.17, 15) is 0 Å². The average molecular weight is 395 g/mol. The minimum Gasteiger partial charge on any atom is -0.474 e. The SMILES string of the molecule is CN=C(NCc1cccnc1OC1CCCC1)N1CCN(c2ccccn2)CC1. The maximum Gasteiger partial charge on any atom is 0.218 e. The van der Waals surface area contributed by atoms with Gasteiger partial charge in [0.15, 0.2) is 5.96 Å². The molecule has 0 amide bonds. The highest BCUT2D eigenvalue weighted by Gasteiger charge is 2.21. The Morgan fingerprint density at radius 2 is 1.86 bits per heavy atom. The van der Waals surface area contributed by atoms with Crippen LogP contribution in [-0.4, -0.2) is 60.2 Å². The van der Waals surface area contributed by atoms with E-state index in [-0.39, 0.29) is 0 Å². The second-order valence-corrected chi connectivity index (χ2v) is 7.55. The molecule has 0 radical (unpaired) electrons. The number of ether oxygens (including phenoxy) is 1. The number of hydrogen-bond acceptors (Lipinski definition) is 5. The lowest BCUT2D eigenvalue weighted by molar-refractivity contribution is 0.199. The maximum absolute atomic E-state index is 6.16. The largest absolute Gasteiger partial charge is 0.474 e. The molecule has 2 aromatic rings. The van der Waals surface area contributed by atoms with Crippen molar-refractivity contribution < 1.29 is 4.74 Å². The Bertz CT molecular complexity index is 798. The van der Waals surface area contributed by atoms with E-state index in [1.807, 2.05) is 31.4 Å². The van der Waals surface area contributed by atoms with Crippen LogP contribution in [0.25, 0.3) is 0 Å². The first-order chi connectivity index (χ1) is 14.3. The number of anilines is 1. The molecule has 154 valence electrons. The predicted octanol–water partition coefficient (Wildman–Crippen LogP) is 2.70. The Labute approximate surface area is 172 Å². The van der Waals surface area contributed by atoms with Gasteiger partial charge in [-0.05, 0) is 43.9 Å². The van der Waals surface area contributed by atoms with Crippen LogP contribution in [-0.2, 0) is 6.54 Å². The smallest absolute Gasteiger partial charge is 0.218 e. The summed E-state index contributed by atoms with van der Waals surface area (Å²) in [5.74, 6) is 2.71. The van der Waals surface area contributed by atoms with E-state index in [0.29, 0.717) is 12.6 Å². The molecule has 0 bridgehead atoms. The van der Waals surface area contributed by atoms with E-state index in [4.69, 9.17) is 4.74 Å². The van der Waals surface area contributed by atoms with E-state index in [1.54, 1.807) is 6.20 Å². The lowest BCUT2D eigenvalue weighted by atomic mass is 10.2. The topological polar surface area (TPSA) is 65.9 Å². The van der Waals surface area contributed by atoms with Crippen LogP contribution in [0.1, 0.15) is 31.2 Å². The van der Waals surface area contributed by atoms with E-state index in [2.05, 4.69) is 42.2 Å². The quantitative estimate of drug-likeness (QED) is 0.621. The predicted molar refractivity (Wildman–Crippen MR) is 115 cm³/mol. The molecule has 1 aliphatic heterocycles. The van der Waals surface area contributed by atoms with Gasteiger partial charge >= 0.3 is 0 Å². The number of guanidine groups is 1. The Kier molecular flexibility index (Phi) is 6.44. The van der Waals surface area contributed by atoms with Gasteiger partial charge < -0.3 is 19.9 Å². The Hall–Kier alpha value is -2.83. The van der Waals surface area contributed by atoms with Crippen molar-refractivity contribution >= 4 is 11.8 Å². The number of nitrogens with one attached hydrogen (secondary N) is 1. The van der Waals surface area contributed by atoms with Gasteiger partial charge in [0, 0.05) is 57.7 Å². The van der Waals surface area contributed by atoms with Crippen molar-refractivity contribution in [2.24, 2.45) is 4.99 Å². The molecular weight excluding hydrogens is 364 g/mol. The van der Waals surface area contributed by atoms with E-state index in [0.717, 1.165) is 62.2 Å². The number of rotatable bonds is 5. The highest BCUT2D eigenvalue weighted by Crippen LogP contribution is 2.25. The Balaban J connectivity index is 1.32. The Morgan fingerprint density at radius 1 is 1.07 bits per heavy atom. The van der Waals surface area contributed by atoms with Gasteiger partial charge in [-0.15, -0.1) is 0 Å². The summed E-state index contributed by atoms with van der Waals surface area (Å²) in [5.41, 5.74) is 1.08. The molecule has 7 nitrogen and oxygen atoms in total. The molecule has 7 heteroatoms. The van der Waals surface area contributed by atoms with Crippen molar-refractivity contribution in [3.63, 3.8) is 0 Å². The zero-order chi connectivity index (χ0) is 19.9. The summed E-state index contributed by atoms with van der Waals surface area (Å²) >= 11 is 0. The summed E-state index contributed by atoms with van der Waals surface area (Å²) in [6.45, 7) is 4.34. The van der Waals surface area contributed by atoms with Crippen LogP contribution < -0.4 is 15.0 Å². The molecule has 1 saturated carbocycles. The number of aliphatic imine (C=N–C) groups is 1. The third kappa shape index (κ3) is 4.96. The molecule has 2 fully saturated rings. The molecule has 0 atom stereocenters. The summed E-state index contributed by atoms with van der Waals surface area (Å²) in [7, 11) is 1.84. The van der Waals surface area contributed by atoms with Gasteiger partial charge in [-0.2, -0.15) is 0 Å². The lowest BCUT2D eigenvalue weighted by Gasteiger charge is -2.37. The highest BCUT2D eigenvalue weighted by atomic mass is 16.5. The van der Waals surface area contributed by atoms with Crippen LogP contribution in [0.5, 0.6) is 5.88 Å². The van der Waals surface area contributed by atoms with Crippen molar-refractivity contribution in [3.8, 4) is 5.88 Å². The summed E-state index contributed by atoms with van der Waals surface area (Å²) in [6.07, 6.45) is 8.73. The first-order valence-electron chi connectivity index (χ1n) is 10.6. The van der Waals surface area contributed by atoms with Gasteiger partial charge in [-0.3, -0.25) is 4.99 Å². The number of nitrogens with zero attached hydrogens (tertiary/aromatic N) is 5. The monoisotopic (exact) mass is 394 g/mol. The second kappa shape index (κ2) is 9.58. The lowest BCUT2D eigenvalue weighted by Crippen LogP contribution is -2.52. The van der Waals surface area contributed by atoms with Crippen molar-refractivity contribution in [1.29, 1.82) is 0 Å².